The second kappa shape index (κ2) is 11.5. The minimum absolute atomic E-state index is 0.237. The van der Waals surface area contributed by atoms with Crippen LogP contribution in [0, 0.1) is 7.14 Å². The molecule has 0 aliphatic heterocycles. The Hall–Kier alpha value is -2.34. The highest BCUT2D eigenvalue weighted by atomic mass is 127. The number of carbonyl (C=O) groups is 2. The summed E-state index contributed by atoms with van der Waals surface area (Å²) >= 11 is 4.45. The van der Waals surface area contributed by atoms with Crippen molar-refractivity contribution in [1.29, 1.82) is 0 Å². The Labute approximate surface area is 214 Å². The molecule has 0 saturated carbocycles. The van der Waals surface area contributed by atoms with E-state index < -0.39 is 11.9 Å². The normalized spacial score (nSPS) is 10.4. The highest BCUT2D eigenvalue weighted by Gasteiger charge is 2.21. The standard InChI is InChI=1S/C24H22I2N2O4/c1-3-31-23(29)19-13-22(28-18-11-7-16(26)8-12-18)20(24(30)32-4-2)14-21(19)27-17-9-5-15(25)6-10-17/h5-14,27-28H,3-4H2,1-2H3. The largest absolute Gasteiger partial charge is 0.462 e. The number of esters is 2. The van der Waals surface area contributed by atoms with Crippen LogP contribution in [0.1, 0.15) is 34.6 Å². The fourth-order valence-electron chi connectivity index (χ4n) is 2.94. The number of benzene rings is 3. The maximum absolute atomic E-state index is 12.8. The van der Waals surface area contributed by atoms with Crippen molar-refractivity contribution in [2.24, 2.45) is 0 Å². The van der Waals surface area contributed by atoms with Crippen LogP contribution >= 0.6 is 45.2 Å². The van der Waals surface area contributed by atoms with E-state index in [0.717, 1.165) is 18.5 Å². The van der Waals surface area contributed by atoms with Crippen molar-refractivity contribution in [3.05, 3.63) is 78.9 Å². The molecule has 3 aromatic carbocycles. The van der Waals surface area contributed by atoms with E-state index in [4.69, 9.17) is 9.47 Å². The van der Waals surface area contributed by atoms with Crippen molar-refractivity contribution in [3.8, 4) is 0 Å². The molecule has 2 N–H and O–H groups in total. The zero-order chi connectivity index (χ0) is 23.1. The van der Waals surface area contributed by atoms with E-state index in [2.05, 4.69) is 55.8 Å². The first-order chi connectivity index (χ1) is 15.4. The molecule has 166 valence electrons. The minimum Gasteiger partial charge on any atom is -0.462 e. The Morgan fingerprint density at radius 3 is 1.34 bits per heavy atom. The van der Waals surface area contributed by atoms with E-state index in [0.29, 0.717) is 22.5 Å². The summed E-state index contributed by atoms with van der Waals surface area (Å²) in [5, 5.41) is 6.47. The maximum Gasteiger partial charge on any atom is 0.340 e. The van der Waals surface area contributed by atoms with E-state index in [1.54, 1.807) is 26.0 Å². The van der Waals surface area contributed by atoms with E-state index in [9.17, 15) is 9.59 Å². The molecule has 0 aromatic heterocycles. The number of rotatable bonds is 8. The Kier molecular flexibility index (Phi) is 8.74. The number of hydrogen-bond acceptors (Lipinski definition) is 6. The molecular formula is C24H22I2N2O4. The third kappa shape index (κ3) is 6.35. The summed E-state index contributed by atoms with van der Waals surface area (Å²) in [6, 6.07) is 18.7. The van der Waals surface area contributed by atoms with Crippen LogP contribution in [0.5, 0.6) is 0 Å². The van der Waals surface area contributed by atoms with E-state index >= 15 is 0 Å². The molecule has 0 radical (unpaired) electrons. The van der Waals surface area contributed by atoms with Crippen molar-refractivity contribution in [2.45, 2.75) is 13.8 Å². The summed E-state index contributed by atoms with van der Waals surface area (Å²) in [7, 11) is 0. The zero-order valence-electron chi connectivity index (χ0n) is 17.6. The highest BCUT2D eigenvalue weighted by Crippen LogP contribution is 2.32. The van der Waals surface area contributed by atoms with Gasteiger partial charge in [0.05, 0.1) is 35.7 Å². The minimum atomic E-state index is -0.485. The molecule has 0 saturated heterocycles. The smallest absolute Gasteiger partial charge is 0.340 e. The van der Waals surface area contributed by atoms with Gasteiger partial charge in [-0.15, -0.1) is 0 Å². The van der Waals surface area contributed by atoms with Gasteiger partial charge in [-0.25, -0.2) is 9.59 Å². The molecule has 0 atom stereocenters. The predicted molar refractivity (Wildman–Crippen MR) is 143 cm³/mol. The number of anilines is 4. The second-order valence-electron chi connectivity index (χ2n) is 6.65. The van der Waals surface area contributed by atoms with Gasteiger partial charge < -0.3 is 20.1 Å². The lowest BCUT2D eigenvalue weighted by atomic mass is 10.0. The highest BCUT2D eigenvalue weighted by molar-refractivity contribution is 14.1. The first kappa shape index (κ1) is 24.3. The number of hydrogen-bond donors (Lipinski definition) is 2. The van der Waals surface area contributed by atoms with Gasteiger partial charge >= 0.3 is 11.9 Å². The van der Waals surface area contributed by atoms with Crippen molar-refractivity contribution in [1.82, 2.24) is 0 Å². The van der Waals surface area contributed by atoms with Crippen molar-refractivity contribution in [3.63, 3.8) is 0 Å². The van der Waals surface area contributed by atoms with E-state index in [1.807, 2.05) is 48.5 Å². The molecule has 0 aliphatic rings. The van der Waals surface area contributed by atoms with Gasteiger partial charge in [0.15, 0.2) is 0 Å². The van der Waals surface area contributed by atoms with Gasteiger partial charge in [-0.2, -0.15) is 0 Å². The Morgan fingerprint density at radius 1 is 0.688 bits per heavy atom. The van der Waals surface area contributed by atoms with Crippen LogP contribution in [0.15, 0.2) is 60.7 Å². The molecule has 0 unspecified atom stereocenters. The van der Waals surface area contributed by atoms with Gasteiger partial charge in [-0.3, -0.25) is 0 Å². The third-order valence-electron chi connectivity index (χ3n) is 4.39. The van der Waals surface area contributed by atoms with Gasteiger partial charge in [-0.05, 0) is 120 Å². The summed E-state index contributed by atoms with van der Waals surface area (Å²) in [5.41, 5.74) is 3.10. The second-order valence-corrected chi connectivity index (χ2v) is 9.14. The Balaban J connectivity index is 2.10. The number of ether oxygens (including phenoxy) is 2. The van der Waals surface area contributed by atoms with Crippen LogP contribution in [-0.2, 0) is 9.47 Å². The van der Waals surface area contributed by atoms with Gasteiger partial charge in [0, 0.05) is 18.5 Å². The van der Waals surface area contributed by atoms with E-state index in [1.165, 1.54) is 0 Å². The quantitative estimate of drug-likeness (QED) is 0.207. The number of halogens is 2. The van der Waals surface area contributed by atoms with Crippen molar-refractivity contribution in [2.75, 3.05) is 23.8 Å². The monoisotopic (exact) mass is 656 g/mol. The first-order valence-corrected chi connectivity index (χ1v) is 12.1. The summed E-state index contributed by atoms with van der Waals surface area (Å²) in [5.74, 6) is -0.969. The molecule has 0 spiro atoms. The Bertz CT molecular complexity index is 1010. The summed E-state index contributed by atoms with van der Waals surface area (Å²) in [6.45, 7) is 3.98. The number of carbonyl (C=O) groups excluding carboxylic acids is 2. The van der Waals surface area contributed by atoms with Crippen LogP contribution in [0.25, 0.3) is 0 Å². The molecule has 0 amide bonds. The average molecular weight is 656 g/mol. The molecule has 8 heteroatoms. The molecule has 3 aromatic rings. The van der Waals surface area contributed by atoms with Gasteiger partial charge in [0.25, 0.3) is 0 Å². The van der Waals surface area contributed by atoms with Gasteiger partial charge in [0.1, 0.15) is 0 Å². The molecule has 6 nitrogen and oxygen atoms in total. The summed E-state index contributed by atoms with van der Waals surface area (Å²) in [4.78, 5) is 25.5. The van der Waals surface area contributed by atoms with Gasteiger partial charge in [0.2, 0.25) is 0 Å². The maximum atomic E-state index is 12.8. The Morgan fingerprint density at radius 2 is 1.03 bits per heavy atom. The lowest BCUT2D eigenvalue weighted by Gasteiger charge is -2.18. The van der Waals surface area contributed by atoms with Crippen LogP contribution in [0.2, 0.25) is 0 Å². The lowest BCUT2D eigenvalue weighted by Crippen LogP contribution is -2.13. The molecular weight excluding hydrogens is 634 g/mol. The molecule has 0 heterocycles. The third-order valence-corrected chi connectivity index (χ3v) is 5.83. The molecule has 0 fully saturated rings. The summed E-state index contributed by atoms with van der Waals surface area (Å²) in [6.07, 6.45) is 0. The van der Waals surface area contributed by atoms with Crippen LogP contribution in [0.3, 0.4) is 0 Å². The predicted octanol–water partition coefficient (Wildman–Crippen LogP) is 6.74. The fourth-order valence-corrected chi connectivity index (χ4v) is 3.66. The lowest BCUT2D eigenvalue weighted by molar-refractivity contribution is 0.0513. The first-order valence-electron chi connectivity index (χ1n) is 9.98. The molecule has 0 aliphatic carbocycles. The van der Waals surface area contributed by atoms with Gasteiger partial charge in [-0.1, -0.05) is 0 Å². The number of nitrogens with one attached hydrogen (secondary N) is 2. The molecule has 3 rings (SSSR count). The SMILES string of the molecule is CCOC(=O)c1cc(Nc2ccc(I)cc2)c(C(=O)OCC)cc1Nc1ccc(I)cc1. The fraction of sp³-hybridized carbons (Fsp3) is 0.167. The van der Waals surface area contributed by atoms with Crippen LogP contribution in [-0.4, -0.2) is 25.2 Å². The van der Waals surface area contributed by atoms with Crippen LogP contribution < -0.4 is 10.6 Å². The molecule has 0 bridgehead atoms. The average Bonchev–Trinajstić information content (AvgIpc) is 2.78. The summed E-state index contributed by atoms with van der Waals surface area (Å²) < 4.78 is 12.7. The molecule has 32 heavy (non-hydrogen) atoms. The van der Waals surface area contributed by atoms with Crippen molar-refractivity contribution >= 4 is 79.9 Å². The van der Waals surface area contributed by atoms with Crippen LogP contribution in [0.4, 0.5) is 22.7 Å². The van der Waals surface area contributed by atoms with E-state index in [-0.39, 0.29) is 13.2 Å². The topological polar surface area (TPSA) is 76.7 Å². The van der Waals surface area contributed by atoms with Crippen molar-refractivity contribution < 1.29 is 19.1 Å². The zero-order valence-corrected chi connectivity index (χ0v) is 21.9.